The van der Waals surface area contributed by atoms with Gasteiger partial charge in [-0.25, -0.2) is 9.59 Å². The molecule has 3 rings (SSSR count). The van der Waals surface area contributed by atoms with E-state index in [0.29, 0.717) is 71.9 Å². The fourth-order valence-corrected chi connectivity index (χ4v) is 6.88. The highest BCUT2D eigenvalue weighted by Gasteiger charge is 2.35. The van der Waals surface area contributed by atoms with E-state index in [4.69, 9.17) is 42.1 Å². The number of allylic oxidation sites excluding steroid dienone is 2. The summed E-state index contributed by atoms with van der Waals surface area (Å²) in [5, 5.41) is 4.43. The van der Waals surface area contributed by atoms with Crippen molar-refractivity contribution in [3.05, 3.63) is 50.8 Å². The van der Waals surface area contributed by atoms with Gasteiger partial charge in [0.15, 0.2) is 0 Å². The highest BCUT2D eigenvalue weighted by molar-refractivity contribution is 7.99. The second kappa shape index (κ2) is 18.2. The Balaban J connectivity index is 1.55. The summed E-state index contributed by atoms with van der Waals surface area (Å²) in [6.45, 7) is 11.2. The summed E-state index contributed by atoms with van der Waals surface area (Å²) in [6.07, 6.45) is 1.21. The van der Waals surface area contributed by atoms with Gasteiger partial charge in [-0.1, -0.05) is 30.1 Å². The van der Waals surface area contributed by atoms with Gasteiger partial charge in [0.25, 0.3) is 0 Å². The molecule has 12 heteroatoms. The number of dihydropyridines is 1. The average Bonchev–Trinajstić information content (AvgIpc) is 2.93. The monoisotopic (exact) mass is 657 g/mol. The first-order valence-electron chi connectivity index (χ1n) is 14.7. The smallest absolute Gasteiger partial charge is 0.336 e. The molecular formula is C31H45Cl2N3O6S. The van der Waals surface area contributed by atoms with Crippen molar-refractivity contribution >= 4 is 46.9 Å². The molecule has 1 N–H and O–H groups in total. The van der Waals surface area contributed by atoms with Crippen LogP contribution in [-0.4, -0.2) is 107 Å². The molecule has 0 saturated carbocycles. The number of benzene rings is 1. The number of carbonyl (C=O) groups excluding carboxylic acids is 2. The van der Waals surface area contributed by atoms with E-state index in [0.717, 1.165) is 36.7 Å². The topological polar surface area (TPSA) is 89.6 Å². The van der Waals surface area contributed by atoms with E-state index in [-0.39, 0.29) is 12.7 Å². The van der Waals surface area contributed by atoms with Gasteiger partial charge in [-0.05, 0) is 57.7 Å². The van der Waals surface area contributed by atoms with Crippen molar-refractivity contribution in [2.75, 3.05) is 79.1 Å². The molecule has 0 bridgehead atoms. The number of nitrogens with zero attached hydrogens (tertiary/aromatic N) is 2. The van der Waals surface area contributed by atoms with Crippen molar-refractivity contribution in [1.29, 1.82) is 0 Å². The average molecular weight is 659 g/mol. The summed E-state index contributed by atoms with van der Waals surface area (Å²) in [4.78, 5) is 32.2. The van der Waals surface area contributed by atoms with Crippen molar-refractivity contribution in [2.45, 2.75) is 44.6 Å². The van der Waals surface area contributed by atoms with Crippen molar-refractivity contribution in [3.63, 3.8) is 0 Å². The summed E-state index contributed by atoms with van der Waals surface area (Å²) in [7, 11) is 3.66. The van der Waals surface area contributed by atoms with E-state index in [1.165, 1.54) is 0 Å². The Kier molecular flexibility index (Phi) is 15.1. The van der Waals surface area contributed by atoms with E-state index in [2.05, 4.69) is 15.1 Å². The van der Waals surface area contributed by atoms with Gasteiger partial charge in [0.2, 0.25) is 0 Å². The van der Waals surface area contributed by atoms with Crippen LogP contribution in [0, 0.1) is 5.92 Å². The fraction of sp³-hybridized carbons (Fsp3) is 0.613. The molecule has 43 heavy (non-hydrogen) atoms. The minimum absolute atomic E-state index is 0.289. The van der Waals surface area contributed by atoms with Crippen LogP contribution in [-0.2, 0) is 28.5 Å². The van der Waals surface area contributed by atoms with Crippen LogP contribution in [0.1, 0.15) is 33.6 Å². The van der Waals surface area contributed by atoms with Crippen LogP contribution in [0.5, 0.6) is 0 Å². The molecule has 1 fully saturated rings. The number of likely N-dealkylation sites (N-methyl/N-ethyl adjacent to an activating group) is 1. The molecule has 2 heterocycles. The van der Waals surface area contributed by atoms with E-state index in [9.17, 15) is 9.59 Å². The predicted octanol–water partition coefficient (Wildman–Crippen LogP) is 5.02. The van der Waals surface area contributed by atoms with Gasteiger partial charge >= 0.3 is 11.9 Å². The molecule has 0 spiro atoms. The van der Waals surface area contributed by atoms with Gasteiger partial charge in [0.1, 0.15) is 6.10 Å². The van der Waals surface area contributed by atoms with Gasteiger partial charge in [0.05, 0.1) is 37.6 Å². The maximum absolute atomic E-state index is 13.6. The highest BCUT2D eigenvalue weighted by Crippen LogP contribution is 2.31. The summed E-state index contributed by atoms with van der Waals surface area (Å²) in [5.74, 6) is -0.474. The molecule has 2 unspecified atom stereocenters. The molecule has 1 saturated heterocycles. The third-order valence-corrected chi connectivity index (χ3v) is 8.90. The lowest BCUT2D eigenvalue weighted by molar-refractivity contribution is -0.147. The summed E-state index contributed by atoms with van der Waals surface area (Å²) in [5.41, 5.74) is 2.26. The number of ether oxygens (including phenoxy) is 4. The number of unbranched alkanes of at least 4 members (excludes halogenated alkanes) is 1. The lowest BCUT2D eigenvalue weighted by Crippen LogP contribution is -2.46. The zero-order chi connectivity index (χ0) is 31.4. The van der Waals surface area contributed by atoms with Crippen LogP contribution in [0.25, 0.3) is 0 Å². The first kappa shape index (κ1) is 35.7. The van der Waals surface area contributed by atoms with E-state index < -0.39 is 17.9 Å². The number of rotatable bonds is 16. The molecule has 9 nitrogen and oxygen atoms in total. The van der Waals surface area contributed by atoms with Crippen LogP contribution >= 0.6 is 35.0 Å². The Morgan fingerprint density at radius 2 is 1.72 bits per heavy atom. The minimum atomic E-state index is -0.473. The number of carbonyl (C=O) groups is 2. The number of hydrogen-bond donors (Lipinski definition) is 1. The van der Waals surface area contributed by atoms with E-state index >= 15 is 0 Å². The van der Waals surface area contributed by atoms with Crippen LogP contribution in [0.2, 0.25) is 10.0 Å². The highest BCUT2D eigenvalue weighted by atomic mass is 35.5. The predicted molar refractivity (Wildman–Crippen MR) is 172 cm³/mol. The largest absolute Gasteiger partial charge is 0.462 e. The number of hydrogen-bond acceptors (Lipinski definition) is 10. The summed E-state index contributed by atoms with van der Waals surface area (Å²) in [6, 6.07) is 5.47. The lowest BCUT2D eigenvalue weighted by Gasteiger charge is -2.33. The number of halogens is 2. The molecule has 0 aromatic heterocycles. The van der Waals surface area contributed by atoms with Crippen molar-refractivity contribution in [2.24, 2.45) is 5.92 Å². The number of nitrogens with one attached hydrogen (secondary N) is 1. The maximum atomic E-state index is 13.6. The molecule has 0 aliphatic carbocycles. The maximum Gasteiger partial charge on any atom is 0.336 e. The molecule has 2 atom stereocenters. The summed E-state index contributed by atoms with van der Waals surface area (Å²) < 4.78 is 22.5. The van der Waals surface area contributed by atoms with Gasteiger partial charge in [-0.2, -0.15) is 0 Å². The first-order valence-corrected chi connectivity index (χ1v) is 16.5. The zero-order valence-electron chi connectivity index (χ0n) is 25.9. The molecule has 0 amide bonds. The van der Waals surface area contributed by atoms with Gasteiger partial charge in [0, 0.05) is 72.1 Å². The second-order valence-electron chi connectivity index (χ2n) is 10.9. The molecule has 1 aromatic carbocycles. The van der Waals surface area contributed by atoms with Crippen molar-refractivity contribution in [1.82, 2.24) is 15.1 Å². The third-order valence-electron chi connectivity index (χ3n) is 7.40. The summed E-state index contributed by atoms with van der Waals surface area (Å²) >= 11 is 13.8. The van der Waals surface area contributed by atoms with Crippen molar-refractivity contribution < 1.29 is 28.5 Å². The molecule has 2 aliphatic heterocycles. The Labute approximate surface area is 270 Å². The first-order chi connectivity index (χ1) is 20.6. The van der Waals surface area contributed by atoms with Crippen LogP contribution in [0.3, 0.4) is 0 Å². The van der Waals surface area contributed by atoms with Crippen LogP contribution in [0.15, 0.2) is 45.6 Å². The van der Waals surface area contributed by atoms with Crippen LogP contribution in [0.4, 0.5) is 0 Å². The standard InChI is InChI=1S/C31H45Cl2N3O6S/c1-21-28(30(37)41-11-6-7-15-43-27-17-24(32)16-25(33)18-27)22(2)34-23(3)29(21)31(38)42-26(19-35(4)8-12-39-5)20-36-9-13-40-14-10-36/h16-18,21,26,34H,6-15,19-20H2,1-5H3. The molecule has 0 radical (unpaired) electrons. The zero-order valence-corrected chi connectivity index (χ0v) is 28.2. The number of morpholine rings is 1. The Morgan fingerprint density at radius 3 is 2.37 bits per heavy atom. The fourth-order valence-electron chi connectivity index (χ4n) is 5.22. The number of thioether (sulfide) groups is 1. The second-order valence-corrected chi connectivity index (χ2v) is 13.0. The molecule has 240 valence electrons. The quantitative estimate of drug-likeness (QED) is 0.149. The van der Waals surface area contributed by atoms with Gasteiger partial charge < -0.3 is 29.2 Å². The number of esters is 2. The van der Waals surface area contributed by atoms with E-state index in [1.54, 1.807) is 24.9 Å². The normalized spacial score (nSPS) is 18.6. The van der Waals surface area contributed by atoms with Gasteiger partial charge in [-0.3, -0.25) is 4.90 Å². The third kappa shape index (κ3) is 11.6. The van der Waals surface area contributed by atoms with E-state index in [1.807, 2.05) is 40.0 Å². The van der Waals surface area contributed by atoms with Crippen molar-refractivity contribution in [3.8, 4) is 0 Å². The molecule has 2 aliphatic rings. The molecular weight excluding hydrogens is 613 g/mol. The van der Waals surface area contributed by atoms with Crippen LogP contribution < -0.4 is 5.32 Å². The SMILES string of the molecule is COCCN(C)CC(CN1CCOCC1)OC(=O)C1=C(C)NC(C)=C(C(=O)OCCCCSc2cc(Cl)cc(Cl)c2)C1C. The number of methoxy groups -OCH3 is 1. The molecule has 1 aromatic rings. The Bertz CT molecular complexity index is 1140. The Morgan fingerprint density at radius 1 is 1.07 bits per heavy atom. The Hall–Kier alpha value is -1.79. The minimum Gasteiger partial charge on any atom is -0.462 e. The van der Waals surface area contributed by atoms with Gasteiger partial charge in [-0.15, -0.1) is 11.8 Å². The lowest BCUT2D eigenvalue weighted by atomic mass is 9.87.